The summed E-state index contributed by atoms with van der Waals surface area (Å²) >= 11 is 0. The molecule has 55 heavy (non-hydrogen) atoms. The molecule has 0 saturated carbocycles. The maximum absolute atomic E-state index is 7.02. The van der Waals surface area contributed by atoms with Crippen LogP contribution in [0.25, 0.3) is 33.4 Å². The molecule has 12 rings (SSSR count). The van der Waals surface area contributed by atoms with E-state index in [1.807, 2.05) is 0 Å². The summed E-state index contributed by atoms with van der Waals surface area (Å²) in [6.07, 6.45) is 9.80. The van der Waals surface area contributed by atoms with E-state index in [0.717, 1.165) is 40.7 Å². The molecule has 3 heteroatoms. The lowest BCUT2D eigenvalue weighted by molar-refractivity contribution is 0.360. The summed E-state index contributed by atoms with van der Waals surface area (Å²) in [5.41, 5.74) is 17.1. The molecule has 0 bridgehead atoms. The largest absolute Gasteiger partial charge is 0.449 e. The van der Waals surface area contributed by atoms with Crippen LogP contribution in [0.4, 0.5) is 11.4 Å². The van der Waals surface area contributed by atoms with Crippen molar-refractivity contribution >= 4 is 11.4 Å². The highest BCUT2D eigenvalue weighted by molar-refractivity contribution is 5.98. The third-order valence-corrected chi connectivity index (χ3v) is 12.9. The van der Waals surface area contributed by atoms with Gasteiger partial charge in [-0.3, -0.25) is 0 Å². The van der Waals surface area contributed by atoms with Crippen molar-refractivity contribution in [1.29, 1.82) is 0 Å². The number of ether oxygens (including phenoxy) is 2. The minimum Gasteiger partial charge on any atom is -0.449 e. The van der Waals surface area contributed by atoms with Crippen molar-refractivity contribution in [2.24, 2.45) is 0 Å². The van der Waals surface area contributed by atoms with Crippen LogP contribution in [0.15, 0.2) is 170 Å². The van der Waals surface area contributed by atoms with E-state index in [2.05, 4.69) is 189 Å². The lowest BCUT2D eigenvalue weighted by Gasteiger charge is -2.35. The fourth-order valence-corrected chi connectivity index (χ4v) is 10.6. The maximum atomic E-state index is 7.02. The number of hydrogen-bond donors (Lipinski definition) is 0. The first kappa shape index (κ1) is 30.8. The molecule has 0 radical (unpaired) electrons. The topological polar surface area (TPSA) is 21.7 Å². The van der Waals surface area contributed by atoms with Gasteiger partial charge in [-0.25, -0.2) is 0 Å². The summed E-state index contributed by atoms with van der Waals surface area (Å²) in [7, 11) is 0. The van der Waals surface area contributed by atoms with Gasteiger partial charge in [0.25, 0.3) is 0 Å². The van der Waals surface area contributed by atoms with Gasteiger partial charge in [-0.1, -0.05) is 153 Å². The molecule has 7 aromatic carbocycles. The van der Waals surface area contributed by atoms with Crippen LogP contribution in [-0.4, -0.2) is 6.04 Å². The molecule has 1 heterocycles. The Bertz CT molecular complexity index is 2810. The minimum absolute atomic E-state index is 0.0907. The number of benzene rings is 7. The zero-order chi connectivity index (χ0) is 36.5. The first-order valence-corrected chi connectivity index (χ1v) is 19.4. The van der Waals surface area contributed by atoms with E-state index in [4.69, 9.17) is 9.47 Å². The van der Waals surface area contributed by atoms with Crippen LogP contribution in [0.5, 0.6) is 23.0 Å². The first-order chi connectivity index (χ1) is 27.0. The lowest BCUT2D eigenvalue weighted by atomic mass is 9.70. The van der Waals surface area contributed by atoms with Gasteiger partial charge < -0.3 is 14.4 Å². The van der Waals surface area contributed by atoms with Gasteiger partial charge in [0.05, 0.1) is 11.5 Å². The molecule has 4 aliphatic carbocycles. The van der Waals surface area contributed by atoms with Crippen molar-refractivity contribution in [3.05, 3.63) is 203 Å². The molecular formula is C52H37NO2. The van der Waals surface area contributed by atoms with Gasteiger partial charge in [0.2, 0.25) is 0 Å². The first-order valence-electron chi connectivity index (χ1n) is 19.4. The van der Waals surface area contributed by atoms with E-state index >= 15 is 0 Å². The van der Waals surface area contributed by atoms with Crippen LogP contribution in [0, 0.1) is 0 Å². The number of rotatable bonds is 3. The second-order valence-electron chi connectivity index (χ2n) is 15.9. The molecule has 0 saturated heterocycles. The molecule has 0 aromatic heterocycles. The van der Waals surface area contributed by atoms with Gasteiger partial charge in [0, 0.05) is 34.0 Å². The molecule has 0 fully saturated rings. The Kier molecular flexibility index (Phi) is 6.16. The van der Waals surface area contributed by atoms with Crippen molar-refractivity contribution < 1.29 is 9.47 Å². The fourth-order valence-electron chi connectivity index (χ4n) is 10.6. The van der Waals surface area contributed by atoms with Crippen molar-refractivity contribution in [2.45, 2.75) is 37.1 Å². The van der Waals surface area contributed by atoms with Gasteiger partial charge in [-0.2, -0.15) is 0 Å². The molecular weight excluding hydrogens is 671 g/mol. The van der Waals surface area contributed by atoms with Crippen LogP contribution in [-0.2, 0) is 10.8 Å². The summed E-state index contributed by atoms with van der Waals surface area (Å²) in [4.78, 5) is 2.49. The molecule has 1 unspecified atom stereocenters. The van der Waals surface area contributed by atoms with Gasteiger partial charge in [0.1, 0.15) is 0 Å². The Morgan fingerprint density at radius 3 is 1.84 bits per heavy atom. The molecule has 1 spiro atoms. The summed E-state index contributed by atoms with van der Waals surface area (Å²) in [6.45, 7) is 4.69. The predicted molar refractivity (Wildman–Crippen MR) is 222 cm³/mol. The summed E-state index contributed by atoms with van der Waals surface area (Å²) in [6, 6.07) is 53.3. The summed E-state index contributed by atoms with van der Waals surface area (Å²) in [5.74, 6) is 2.95. The van der Waals surface area contributed by atoms with Gasteiger partial charge in [0.15, 0.2) is 23.0 Å². The highest BCUT2D eigenvalue weighted by Crippen LogP contribution is 2.66. The third-order valence-electron chi connectivity index (χ3n) is 12.9. The number of nitrogens with zero attached hydrogens (tertiary/aromatic N) is 1. The lowest BCUT2D eigenvalue weighted by Crippen LogP contribution is -2.30. The van der Waals surface area contributed by atoms with Gasteiger partial charge in [-0.15, -0.1) is 0 Å². The van der Waals surface area contributed by atoms with Crippen molar-refractivity contribution in [1.82, 2.24) is 0 Å². The zero-order valence-corrected chi connectivity index (χ0v) is 30.7. The molecule has 3 nitrogen and oxygen atoms in total. The average Bonchev–Trinajstić information content (AvgIpc) is 3.80. The Labute approximate surface area is 321 Å². The minimum atomic E-state index is -0.437. The second-order valence-corrected chi connectivity index (χ2v) is 15.9. The number of allylic oxidation sites excluding steroid dienone is 2. The fraction of sp³-hybridized carbons (Fsp3) is 0.115. The molecule has 5 aliphatic rings. The van der Waals surface area contributed by atoms with E-state index in [0.29, 0.717) is 0 Å². The smallest absolute Gasteiger partial charge is 0.178 e. The molecule has 1 aliphatic heterocycles. The van der Waals surface area contributed by atoms with E-state index < -0.39 is 5.41 Å². The SMILES string of the molecule is CC1(C)c2ccccc2-c2c(N(c3ccc4c(c3)Oc3ccc5c(c3O4)-c3ccccc3C53c4ccccc4-c4ccccc43)C3C=CC=CC3)cccc21. The third kappa shape index (κ3) is 3.95. The monoisotopic (exact) mass is 707 g/mol. The maximum Gasteiger partial charge on any atom is 0.178 e. The summed E-state index contributed by atoms with van der Waals surface area (Å²) in [5, 5.41) is 0. The van der Waals surface area contributed by atoms with Crippen molar-refractivity contribution in [2.75, 3.05) is 4.90 Å². The molecule has 0 N–H and O–H groups in total. The van der Waals surface area contributed by atoms with Crippen molar-refractivity contribution in [3.63, 3.8) is 0 Å². The Morgan fingerprint density at radius 1 is 0.509 bits per heavy atom. The zero-order valence-electron chi connectivity index (χ0n) is 30.7. The molecule has 262 valence electrons. The van der Waals surface area contributed by atoms with Crippen LogP contribution in [0.1, 0.15) is 53.6 Å². The molecule has 1 atom stereocenters. The Morgan fingerprint density at radius 2 is 1.13 bits per heavy atom. The highest BCUT2D eigenvalue weighted by atomic mass is 16.6. The van der Waals surface area contributed by atoms with Crippen LogP contribution < -0.4 is 14.4 Å². The van der Waals surface area contributed by atoms with Crippen LogP contribution in [0.2, 0.25) is 0 Å². The Hall–Kier alpha value is -6.58. The standard InChI is InChI=1S/C52H37NO2/c1-51(2)38-21-10-8-19-36(38)48-42(51)25-14-26-44(48)53(32-15-4-3-5-16-32)33-27-29-45-47(31-33)54-46-30-28-43-49(50(46)55-45)37-20-9-13-24-41(37)52(43)39-22-11-6-17-34(39)35-18-7-12-23-40(35)52/h3-15,17-32H,16H2,1-2H3. The van der Waals surface area contributed by atoms with Gasteiger partial charge in [-0.05, 0) is 86.3 Å². The van der Waals surface area contributed by atoms with E-state index in [1.165, 1.54) is 66.9 Å². The van der Waals surface area contributed by atoms with Crippen LogP contribution in [0.3, 0.4) is 0 Å². The summed E-state index contributed by atoms with van der Waals surface area (Å²) < 4.78 is 13.9. The molecule has 7 aromatic rings. The highest BCUT2D eigenvalue weighted by Gasteiger charge is 2.53. The second kappa shape index (κ2) is 11.0. The van der Waals surface area contributed by atoms with E-state index in [1.54, 1.807) is 0 Å². The normalized spacial score (nSPS) is 17.5. The van der Waals surface area contributed by atoms with E-state index in [-0.39, 0.29) is 11.5 Å². The predicted octanol–water partition coefficient (Wildman–Crippen LogP) is 13.3. The van der Waals surface area contributed by atoms with Crippen molar-refractivity contribution in [3.8, 4) is 56.4 Å². The Balaban J connectivity index is 1.01. The number of anilines is 2. The van der Waals surface area contributed by atoms with E-state index in [9.17, 15) is 0 Å². The quantitative estimate of drug-likeness (QED) is 0.182. The average molecular weight is 708 g/mol. The number of fused-ring (bicyclic) bond motifs is 16. The van der Waals surface area contributed by atoms with Gasteiger partial charge >= 0.3 is 0 Å². The number of hydrogen-bond acceptors (Lipinski definition) is 3. The van der Waals surface area contributed by atoms with Crippen LogP contribution >= 0.6 is 0 Å². The molecule has 0 amide bonds.